The summed E-state index contributed by atoms with van der Waals surface area (Å²) < 4.78 is 0. The fourth-order valence-electron chi connectivity index (χ4n) is 2.44. The molecule has 0 radical (unpaired) electrons. The lowest BCUT2D eigenvalue weighted by Gasteiger charge is -2.13. The normalized spacial score (nSPS) is 12.9. The molecular weight excluding hydrogens is 278 g/mol. The maximum Gasteiger partial charge on any atom is 0.0233 e. The molecule has 0 aliphatic carbocycles. The highest BCUT2D eigenvalue weighted by molar-refractivity contribution is 5.24. The third-order valence-corrected chi connectivity index (χ3v) is 3.79. The molecule has 1 N–H and O–H groups in total. The quantitative estimate of drug-likeness (QED) is 0.637. The Morgan fingerprint density at radius 3 is 2.57 bits per heavy atom. The fourth-order valence-corrected chi connectivity index (χ4v) is 2.44. The molecule has 0 amide bonds. The Kier molecular flexibility index (Phi) is 8.74. The first-order valence-corrected chi connectivity index (χ1v) is 8.90. The molecule has 23 heavy (non-hydrogen) atoms. The first-order valence-electron chi connectivity index (χ1n) is 8.90. The molecule has 126 valence electrons. The van der Waals surface area contributed by atoms with Gasteiger partial charge >= 0.3 is 0 Å². The lowest BCUT2D eigenvalue weighted by molar-refractivity contribution is 0.513. The van der Waals surface area contributed by atoms with Crippen molar-refractivity contribution in [1.82, 2.24) is 5.32 Å². The van der Waals surface area contributed by atoms with Gasteiger partial charge in [0.15, 0.2) is 0 Å². The molecular formula is C22H33N. The fraction of sp³-hybridized carbons (Fsp3) is 0.545. The predicted molar refractivity (Wildman–Crippen MR) is 102 cm³/mol. The van der Waals surface area contributed by atoms with Gasteiger partial charge in [-0.05, 0) is 63.3 Å². The molecule has 0 fully saturated rings. The Labute approximate surface area is 143 Å². The Morgan fingerprint density at radius 1 is 1.17 bits per heavy atom. The summed E-state index contributed by atoms with van der Waals surface area (Å²) in [5.41, 5.74) is 2.91. The molecule has 0 saturated carbocycles. The SMILES string of the molecule is CCNCc1cccc(CC(CC)C/C=C/C#CC(C)(C)C)c1. The number of hydrogen-bond acceptors (Lipinski definition) is 1. The van der Waals surface area contributed by atoms with Crippen LogP contribution < -0.4 is 5.32 Å². The lowest BCUT2D eigenvalue weighted by atomic mass is 9.93. The summed E-state index contributed by atoms with van der Waals surface area (Å²) in [6.07, 6.45) is 7.71. The predicted octanol–water partition coefficient (Wildman–Crippen LogP) is 5.36. The second-order valence-electron chi connectivity index (χ2n) is 7.24. The maximum atomic E-state index is 3.39. The van der Waals surface area contributed by atoms with E-state index in [9.17, 15) is 0 Å². The number of hydrogen-bond donors (Lipinski definition) is 1. The highest BCUT2D eigenvalue weighted by Crippen LogP contribution is 2.17. The van der Waals surface area contributed by atoms with E-state index in [1.54, 1.807) is 0 Å². The molecule has 0 aromatic heterocycles. The van der Waals surface area contributed by atoms with Crippen molar-refractivity contribution in [3.05, 3.63) is 47.5 Å². The minimum atomic E-state index is 0.0848. The summed E-state index contributed by atoms with van der Waals surface area (Å²) in [6, 6.07) is 8.98. The highest BCUT2D eigenvalue weighted by Gasteiger charge is 2.06. The molecule has 1 aromatic rings. The van der Waals surface area contributed by atoms with Crippen molar-refractivity contribution in [3.63, 3.8) is 0 Å². The Balaban J connectivity index is 2.55. The van der Waals surface area contributed by atoms with Gasteiger partial charge in [-0.25, -0.2) is 0 Å². The first kappa shape index (κ1) is 19.5. The minimum Gasteiger partial charge on any atom is -0.313 e. The summed E-state index contributed by atoms with van der Waals surface area (Å²) in [6.45, 7) is 12.8. The maximum absolute atomic E-state index is 3.39. The number of allylic oxidation sites excluding steroid dienone is 2. The van der Waals surface area contributed by atoms with Gasteiger partial charge in [-0.2, -0.15) is 0 Å². The van der Waals surface area contributed by atoms with Crippen LogP contribution in [0.2, 0.25) is 0 Å². The molecule has 0 heterocycles. The van der Waals surface area contributed by atoms with Gasteiger partial charge in [0.2, 0.25) is 0 Å². The van der Waals surface area contributed by atoms with Crippen LogP contribution in [0.25, 0.3) is 0 Å². The van der Waals surface area contributed by atoms with Gasteiger partial charge < -0.3 is 5.32 Å². The van der Waals surface area contributed by atoms with E-state index >= 15 is 0 Å². The second kappa shape index (κ2) is 10.3. The van der Waals surface area contributed by atoms with E-state index in [1.165, 1.54) is 17.5 Å². The third-order valence-electron chi connectivity index (χ3n) is 3.79. The molecule has 0 spiro atoms. The average Bonchev–Trinajstić information content (AvgIpc) is 2.50. The van der Waals surface area contributed by atoms with Gasteiger partial charge in [0.1, 0.15) is 0 Å². The standard InChI is InChI=1S/C22H33N/c1-6-19(12-9-8-10-15-22(3,4)5)16-20-13-11-14-21(17-20)18-23-7-2/h8-9,11,13-14,17,19,23H,6-7,12,16,18H2,1-5H3/b9-8+. The van der Waals surface area contributed by atoms with Gasteiger partial charge in [0.05, 0.1) is 0 Å². The van der Waals surface area contributed by atoms with Crippen molar-refractivity contribution in [3.8, 4) is 11.8 Å². The van der Waals surface area contributed by atoms with Crippen molar-refractivity contribution in [1.29, 1.82) is 0 Å². The van der Waals surface area contributed by atoms with Gasteiger partial charge in [0, 0.05) is 12.0 Å². The largest absolute Gasteiger partial charge is 0.313 e. The zero-order valence-electron chi connectivity index (χ0n) is 15.6. The van der Waals surface area contributed by atoms with E-state index < -0.39 is 0 Å². The van der Waals surface area contributed by atoms with Crippen molar-refractivity contribution >= 4 is 0 Å². The Bertz CT molecular complexity index is 537. The van der Waals surface area contributed by atoms with E-state index in [1.807, 2.05) is 6.08 Å². The van der Waals surface area contributed by atoms with E-state index in [-0.39, 0.29) is 5.41 Å². The molecule has 1 unspecified atom stereocenters. The van der Waals surface area contributed by atoms with E-state index in [0.717, 1.165) is 25.9 Å². The molecule has 1 rings (SSSR count). The molecule has 0 saturated heterocycles. The summed E-state index contributed by atoms with van der Waals surface area (Å²) in [5, 5.41) is 3.39. The van der Waals surface area contributed by atoms with Gasteiger partial charge in [0.25, 0.3) is 0 Å². The van der Waals surface area contributed by atoms with E-state index in [0.29, 0.717) is 5.92 Å². The van der Waals surface area contributed by atoms with Crippen LogP contribution in [0.1, 0.15) is 58.6 Å². The summed E-state index contributed by atoms with van der Waals surface area (Å²) >= 11 is 0. The van der Waals surface area contributed by atoms with Crippen LogP contribution >= 0.6 is 0 Å². The first-order chi connectivity index (χ1) is 10.9. The zero-order valence-corrected chi connectivity index (χ0v) is 15.6. The molecule has 1 aromatic carbocycles. The van der Waals surface area contributed by atoms with Crippen LogP contribution in [-0.4, -0.2) is 6.54 Å². The van der Waals surface area contributed by atoms with Crippen molar-refractivity contribution in [2.75, 3.05) is 6.54 Å². The molecule has 1 heteroatoms. The molecule has 1 nitrogen and oxygen atoms in total. The van der Waals surface area contributed by atoms with Gasteiger partial charge in [-0.15, -0.1) is 0 Å². The van der Waals surface area contributed by atoms with Crippen LogP contribution in [0.3, 0.4) is 0 Å². The molecule has 0 aliphatic rings. The number of rotatable bonds is 8. The summed E-state index contributed by atoms with van der Waals surface area (Å²) in [4.78, 5) is 0. The lowest BCUT2D eigenvalue weighted by Crippen LogP contribution is -2.12. The molecule has 1 atom stereocenters. The smallest absolute Gasteiger partial charge is 0.0233 e. The van der Waals surface area contributed by atoms with Crippen LogP contribution in [0.4, 0.5) is 0 Å². The minimum absolute atomic E-state index is 0.0848. The van der Waals surface area contributed by atoms with Crippen molar-refractivity contribution in [2.24, 2.45) is 11.3 Å². The third kappa shape index (κ3) is 9.26. The molecule has 0 bridgehead atoms. The Morgan fingerprint density at radius 2 is 1.91 bits per heavy atom. The summed E-state index contributed by atoms with van der Waals surface area (Å²) in [7, 11) is 0. The van der Waals surface area contributed by atoms with Gasteiger partial charge in [-0.1, -0.05) is 62.5 Å². The van der Waals surface area contributed by atoms with Gasteiger partial charge in [-0.3, -0.25) is 0 Å². The average molecular weight is 312 g/mol. The van der Waals surface area contributed by atoms with Crippen LogP contribution in [-0.2, 0) is 13.0 Å². The highest BCUT2D eigenvalue weighted by atomic mass is 14.8. The zero-order chi connectivity index (χ0) is 17.1. The monoisotopic (exact) mass is 311 g/mol. The Hall–Kier alpha value is -1.52. The van der Waals surface area contributed by atoms with Crippen LogP contribution in [0, 0.1) is 23.2 Å². The van der Waals surface area contributed by atoms with E-state index in [4.69, 9.17) is 0 Å². The van der Waals surface area contributed by atoms with Crippen LogP contribution in [0.15, 0.2) is 36.4 Å². The number of benzene rings is 1. The topological polar surface area (TPSA) is 12.0 Å². The summed E-state index contributed by atoms with van der Waals surface area (Å²) in [5.74, 6) is 7.10. The van der Waals surface area contributed by atoms with Crippen molar-refractivity contribution < 1.29 is 0 Å². The van der Waals surface area contributed by atoms with Crippen LogP contribution in [0.5, 0.6) is 0 Å². The second-order valence-corrected chi connectivity index (χ2v) is 7.24. The molecule has 0 aliphatic heterocycles. The van der Waals surface area contributed by atoms with E-state index in [2.05, 4.69) is 82.1 Å². The number of nitrogens with one attached hydrogen (secondary N) is 1. The van der Waals surface area contributed by atoms with Crippen molar-refractivity contribution in [2.45, 2.75) is 60.4 Å².